The molecule has 2 rings (SSSR count). The van der Waals surface area contributed by atoms with Crippen LogP contribution < -0.4 is 0 Å². The maximum Gasteiger partial charge on any atom is 0.127 e. The van der Waals surface area contributed by atoms with Crippen LogP contribution in [0.4, 0.5) is 4.39 Å². The van der Waals surface area contributed by atoms with E-state index in [9.17, 15) is 9.50 Å². The maximum atomic E-state index is 13.5. The Balaban J connectivity index is 1.92. The van der Waals surface area contributed by atoms with Crippen LogP contribution in [-0.2, 0) is 6.42 Å². The minimum absolute atomic E-state index is 0.267. The van der Waals surface area contributed by atoms with Gasteiger partial charge in [0.25, 0.3) is 0 Å². The van der Waals surface area contributed by atoms with Crippen LogP contribution in [0.3, 0.4) is 0 Å². The number of benzene rings is 1. The molecular weight excluding hydrogens is 239 g/mol. The largest absolute Gasteiger partial charge is 0.393 e. The van der Waals surface area contributed by atoms with E-state index in [1.165, 1.54) is 18.9 Å². The molecule has 1 saturated carbocycles. The second-order valence-electron chi connectivity index (χ2n) is 4.85. The van der Waals surface area contributed by atoms with Crippen LogP contribution in [0.5, 0.6) is 0 Å². The number of aliphatic hydroxyl groups is 1. The molecule has 0 aromatic heterocycles. The Morgan fingerprint density at radius 3 is 2.71 bits per heavy atom. The number of aliphatic hydroxyl groups excluding tert-OH is 1. The molecule has 17 heavy (non-hydrogen) atoms. The number of hydrogen-bond donors (Lipinski definition) is 1. The summed E-state index contributed by atoms with van der Waals surface area (Å²) in [5, 5.41) is 10.5. The number of rotatable bonds is 4. The lowest BCUT2D eigenvalue weighted by Crippen LogP contribution is -2.18. The van der Waals surface area contributed by atoms with Gasteiger partial charge in [-0.15, -0.1) is 0 Å². The SMILES string of the molecule is OC(CCc1c(F)cccc1Cl)C1CCCC1. The highest BCUT2D eigenvalue weighted by molar-refractivity contribution is 6.31. The van der Waals surface area contributed by atoms with Crippen LogP contribution in [-0.4, -0.2) is 11.2 Å². The van der Waals surface area contributed by atoms with Crippen LogP contribution in [0.15, 0.2) is 18.2 Å². The molecule has 94 valence electrons. The summed E-state index contributed by atoms with van der Waals surface area (Å²) in [6.45, 7) is 0. The fourth-order valence-electron chi connectivity index (χ4n) is 2.64. The van der Waals surface area contributed by atoms with Gasteiger partial charge in [-0.25, -0.2) is 4.39 Å². The molecular formula is C14H18ClFO. The Morgan fingerprint density at radius 1 is 1.35 bits per heavy atom. The van der Waals surface area contributed by atoms with Crippen molar-refractivity contribution in [3.8, 4) is 0 Å². The second kappa shape index (κ2) is 5.83. The third-order valence-electron chi connectivity index (χ3n) is 3.70. The lowest BCUT2D eigenvalue weighted by atomic mass is 9.95. The van der Waals surface area contributed by atoms with Crippen LogP contribution in [0.1, 0.15) is 37.7 Å². The zero-order valence-electron chi connectivity index (χ0n) is 9.83. The average molecular weight is 257 g/mol. The molecule has 0 bridgehead atoms. The van der Waals surface area contributed by atoms with Gasteiger partial charge in [-0.1, -0.05) is 30.5 Å². The lowest BCUT2D eigenvalue weighted by Gasteiger charge is -2.17. The fourth-order valence-corrected chi connectivity index (χ4v) is 2.90. The van der Waals surface area contributed by atoms with Gasteiger partial charge in [-0.05, 0) is 43.7 Å². The van der Waals surface area contributed by atoms with Crippen molar-refractivity contribution in [2.45, 2.75) is 44.6 Å². The predicted molar refractivity (Wildman–Crippen MR) is 67.7 cm³/mol. The van der Waals surface area contributed by atoms with Crippen molar-refractivity contribution < 1.29 is 9.50 Å². The Kier molecular flexibility index (Phi) is 4.41. The summed E-state index contributed by atoms with van der Waals surface area (Å²) in [6, 6.07) is 4.72. The summed E-state index contributed by atoms with van der Waals surface area (Å²) >= 11 is 5.95. The van der Waals surface area contributed by atoms with Gasteiger partial charge in [-0.3, -0.25) is 0 Å². The highest BCUT2D eigenvalue weighted by Gasteiger charge is 2.23. The topological polar surface area (TPSA) is 20.2 Å². The van der Waals surface area contributed by atoms with Gasteiger partial charge in [-0.2, -0.15) is 0 Å². The van der Waals surface area contributed by atoms with E-state index in [2.05, 4.69) is 0 Å². The van der Waals surface area contributed by atoms with E-state index < -0.39 is 0 Å². The second-order valence-corrected chi connectivity index (χ2v) is 5.26. The van der Waals surface area contributed by atoms with Crippen molar-refractivity contribution in [1.29, 1.82) is 0 Å². The van der Waals surface area contributed by atoms with Gasteiger partial charge in [0.05, 0.1) is 6.10 Å². The molecule has 1 N–H and O–H groups in total. The van der Waals surface area contributed by atoms with E-state index >= 15 is 0 Å². The molecule has 1 aliphatic rings. The van der Waals surface area contributed by atoms with E-state index in [4.69, 9.17) is 11.6 Å². The molecule has 1 unspecified atom stereocenters. The van der Waals surface area contributed by atoms with Gasteiger partial charge in [0.2, 0.25) is 0 Å². The molecule has 0 saturated heterocycles. The molecule has 1 nitrogen and oxygen atoms in total. The first-order chi connectivity index (χ1) is 8.18. The summed E-state index contributed by atoms with van der Waals surface area (Å²) in [5.74, 6) is 0.136. The molecule has 0 heterocycles. The molecule has 0 spiro atoms. The van der Waals surface area contributed by atoms with Crippen LogP contribution in [0, 0.1) is 11.7 Å². The first-order valence-corrected chi connectivity index (χ1v) is 6.67. The molecule has 1 aromatic carbocycles. The molecule has 1 aromatic rings. The molecule has 0 radical (unpaired) electrons. The predicted octanol–water partition coefficient (Wildman–Crippen LogP) is 3.96. The van der Waals surface area contributed by atoms with E-state index in [0.717, 1.165) is 12.8 Å². The normalized spacial score (nSPS) is 18.5. The summed E-state index contributed by atoms with van der Waals surface area (Å²) in [7, 11) is 0. The van der Waals surface area contributed by atoms with Crippen LogP contribution in [0.2, 0.25) is 5.02 Å². The molecule has 0 aliphatic heterocycles. The van der Waals surface area contributed by atoms with Crippen molar-refractivity contribution in [3.63, 3.8) is 0 Å². The smallest absolute Gasteiger partial charge is 0.127 e. The first-order valence-electron chi connectivity index (χ1n) is 6.29. The van der Waals surface area contributed by atoms with Crippen molar-refractivity contribution in [3.05, 3.63) is 34.6 Å². The van der Waals surface area contributed by atoms with E-state index in [1.807, 2.05) is 0 Å². The number of hydrogen-bond acceptors (Lipinski definition) is 1. The van der Waals surface area contributed by atoms with Gasteiger partial charge in [0.1, 0.15) is 5.82 Å². The number of halogens is 2. The summed E-state index contributed by atoms with van der Waals surface area (Å²) in [4.78, 5) is 0. The van der Waals surface area contributed by atoms with E-state index in [-0.39, 0.29) is 11.9 Å². The van der Waals surface area contributed by atoms with Crippen molar-refractivity contribution in [1.82, 2.24) is 0 Å². The van der Waals surface area contributed by atoms with E-state index in [0.29, 0.717) is 29.3 Å². The van der Waals surface area contributed by atoms with Gasteiger partial charge >= 0.3 is 0 Å². The van der Waals surface area contributed by atoms with E-state index in [1.54, 1.807) is 12.1 Å². The zero-order chi connectivity index (χ0) is 12.3. The Morgan fingerprint density at radius 2 is 2.06 bits per heavy atom. The average Bonchev–Trinajstić information content (AvgIpc) is 2.81. The first kappa shape index (κ1) is 12.8. The fraction of sp³-hybridized carbons (Fsp3) is 0.571. The summed E-state index contributed by atoms with van der Waals surface area (Å²) < 4.78 is 13.5. The maximum absolute atomic E-state index is 13.5. The Labute approximate surface area is 107 Å². The standard InChI is InChI=1S/C14H18ClFO/c15-12-6-3-7-13(16)11(12)8-9-14(17)10-4-1-2-5-10/h3,6-7,10,14,17H,1-2,4-5,8-9H2. The third-order valence-corrected chi connectivity index (χ3v) is 4.05. The molecule has 1 atom stereocenters. The van der Waals surface area contributed by atoms with Gasteiger partial charge in [0.15, 0.2) is 0 Å². The van der Waals surface area contributed by atoms with Crippen LogP contribution >= 0.6 is 11.6 Å². The van der Waals surface area contributed by atoms with Gasteiger partial charge < -0.3 is 5.11 Å². The lowest BCUT2D eigenvalue weighted by molar-refractivity contribution is 0.102. The molecule has 1 fully saturated rings. The van der Waals surface area contributed by atoms with Crippen LogP contribution in [0.25, 0.3) is 0 Å². The summed E-state index contributed by atoms with van der Waals surface area (Å²) in [5.41, 5.74) is 0.534. The van der Waals surface area contributed by atoms with Crippen molar-refractivity contribution >= 4 is 11.6 Å². The molecule has 0 amide bonds. The van der Waals surface area contributed by atoms with Crippen molar-refractivity contribution in [2.75, 3.05) is 0 Å². The quantitative estimate of drug-likeness (QED) is 0.865. The third kappa shape index (κ3) is 3.20. The monoisotopic (exact) mass is 256 g/mol. The van der Waals surface area contributed by atoms with Crippen molar-refractivity contribution in [2.24, 2.45) is 5.92 Å². The summed E-state index contributed by atoms with van der Waals surface area (Å²) in [6.07, 6.45) is 5.44. The minimum atomic E-state index is -0.312. The molecule has 1 aliphatic carbocycles. The van der Waals surface area contributed by atoms with Gasteiger partial charge in [0, 0.05) is 10.6 Å². The Hall–Kier alpha value is -0.600. The zero-order valence-corrected chi connectivity index (χ0v) is 10.6. The highest BCUT2D eigenvalue weighted by atomic mass is 35.5. The Bertz CT molecular complexity index is 354. The molecule has 3 heteroatoms. The highest BCUT2D eigenvalue weighted by Crippen LogP contribution is 2.30. The minimum Gasteiger partial charge on any atom is -0.393 e.